The fraction of sp³-hybridized carbons (Fsp3) is 1.00. The predicted molar refractivity (Wildman–Crippen MR) is 50.3 cm³/mol. The van der Waals surface area contributed by atoms with Crippen LogP contribution >= 0.6 is 0 Å². The molecule has 1 aliphatic heterocycles. The van der Waals surface area contributed by atoms with Crippen molar-refractivity contribution >= 4 is 0 Å². The van der Waals surface area contributed by atoms with Crippen molar-refractivity contribution in [1.29, 1.82) is 0 Å². The summed E-state index contributed by atoms with van der Waals surface area (Å²) >= 11 is 0. The maximum Gasteiger partial charge on any atom is 0.0678 e. The molecule has 0 aromatic rings. The van der Waals surface area contributed by atoms with Crippen LogP contribution in [0.3, 0.4) is 0 Å². The lowest BCUT2D eigenvalue weighted by molar-refractivity contribution is -0.0452. The van der Waals surface area contributed by atoms with Crippen LogP contribution in [0.5, 0.6) is 0 Å². The van der Waals surface area contributed by atoms with E-state index in [9.17, 15) is 0 Å². The molecular formula is C9H21NO2. The summed E-state index contributed by atoms with van der Waals surface area (Å²) in [5.74, 6) is 0. The van der Waals surface area contributed by atoms with Gasteiger partial charge in [-0.05, 0) is 39.8 Å². The zero-order chi connectivity index (χ0) is 9.45. The van der Waals surface area contributed by atoms with Gasteiger partial charge in [-0.3, -0.25) is 0 Å². The second-order valence-electron chi connectivity index (χ2n) is 3.13. The van der Waals surface area contributed by atoms with E-state index in [2.05, 4.69) is 19.2 Å². The van der Waals surface area contributed by atoms with Crippen molar-refractivity contribution in [2.45, 2.75) is 32.3 Å². The van der Waals surface area contributed by atoms with Gasteiger partial charge < -0.3 is 15.2 Å². The Balaban J connectivity index is 0.000000561. The molecule has 0 bridgehead atoms. The zero-order valence-corrected chi connectivity index (χ0v) is 8.39. The Kier molecular flexibility index (Phi) is 6.34. The molecule has 0 amide bonds. The van der Waals surface area contributed by atoms with Gasteiger partial charge in [0.1, 0.15) is 0 Å². The molecule has 1 aliphatic rings. The predicted octanol–water partition coefficient (Wildman–Crippen LogP) is 0.774. The third kappa shape index (κ3) is 4.04. The van der Waals surface area contributed by atoms with Gasteiger partial charge in [0, 0.05) is 13.7 Å². The molecule has 0 aromatic heterocycles. The molecule has 1 rings (SSSR count). The highest BCUT2D eigenvalue weighted by Gasteiger charge is 2.26. The summed E-state index contributed by atoms with van der Waals surface area (Å²) < 4.78 is 5.63. The van der Waals surface area contributed by atoms with Crippen LogP contribution in [0.15, 0.2) is 0 Å². The van der Waals surface area contributed by atoms with Crippen molar-refractivity contribution in [3.8, 4) is 0 Å². The molecule has 0 aliphatic carbocycles. The Hall–Kier alpha value is -0.120. The SMILES string of the molecule is CCOC1(C)CCNCC1.CO. The Bertz CT molecular complexity index is 95.2. The van der Waals surface area contributed by atoms with Gasteiger partial charge in [-0.2, -0.15) is 0 Å². The molecule has 0 aromatic carbocycles. The summed E-state index contributed by atoms with van der Waals surface area (Å²) in [6, 6.07) is 0. The summed E-state index contributed by atoms with van der Waals surface area (Å²) in [5, 5.41) is 10.3. The van der Waals surface area contributed by atoms with Crippen LogP contribution in [0.1, 0.15) is 26.7 Å². The van der Waals surface area contributed by atoms with Gasteiger partial charge in [-0.1, -0.05) is 0 Å². The first-order valence-corrected chi connectivity index (χ1v) is 4.56. The topological polar surface area (TPSA) is 41.5 Å². The van der Waals surface area contributed by atoms with Crippen LogP contribution in [0.25, 0.3) is 0 Å². The number of piperidine rings is 1. The average Bonchev–Trinajstić information content (AvgIpc) is 2.09. The molecule has 1 heterocycles. The maximum atomic E-state index is 7.00. The molecule has 1 saturated heterocycles. The summed E-state index contributed by atoms with van der Waals surface area (Å²) in [4.78, 5) is 0. The Labute approximate surface area is 75.1 Å². The van der Waals surface area contributed by atoms with E-state index in [4.69, 9.17) is 9.84 Å². The average molecular weight is 175 g/mol. The standard InChI is InChI=1S/C8H17NO.CH4O/c1-3-10-8(2)4-6-9-7-5-8;1-2/h9H,3-7H2,1-2H3;2H,1H3. The van der Waals surface area contributed by atoms with Gasteiger partial charge in [0.05, 0.1) is 5.60 Å². The first-order chi connectivity index (χ1) is 5.77. The van der Waals surface area contributed by atoms with Crippen molar-refractivity contribution in [2.75, 3.05) is 26.8 Å². The highest BCUT2D eigenvalue weighted by molar-refractivity contribution is 4.81. The van der Waals surface area contributed by atoms with E-state index in [1.807, 2.05) is 0 Å². The molecule has 0 saturated carbocycles. The van der Waals surface area contributed by atoms with Gasteiger partial charge >= 0.3 is 0 Å². The summed E-state index contributed by atoms with van der Waals surface area (Å²) in [6.07, 6.45) is 2.31. The smallest absolute Gasteiger partial charge is 0.0678 e. The van der Waals surface area contributed by atoms with E-state index in [1.165, 1.54) is 0 Å². The van der Waals surface area contributed by atoms with E-state index in [0.717, 1.165) is 39.6 Å². The fourth-order valence-corrected chi connectivity index (χ4v) is 1.45. The number of nitrogens with one attached hydrogen (secondary N) is 1. The molecule has 0 spiro atoms. The zero-order valence-electron chi connectivity index (χ0n) is 8.39. The molecule has 0 radical (unpaired) electrons. The number of hydrogen-bond donors (Lipinski definition) is 2. The molecule has 3 heteroatoms. The number of rotatable bonds is 2. The van der Waals surface area contributed by atoms with Crippen LogP contribution in [0, 0.1) is 0 Å². The van der Waals surface area contributed by atoms with Crippen molar-refractivity contribution in [3.63, 3.8) is 0 Å². The summed E-state index contributed by atoms with van der Waals surface area (Å²) in [7, 11) is 1.00. The number of ether oxygens (including phenoxy) is 1. The maximum absolute atomic E-state index is 7.00. The monoisotopic (exact) mass is 175 g/mol. The lowest BCUT2D eigenvalue weighted by Crippen LogP contribution is -2.41. The van der Waals surface area contributed by atoms with Gasteiger partial charge in [-0.15, -0.1) is 0 Å². The minimum atomic E-state index is 0.167. The number of hydrogen-bond acceptors (Lipinski definition) is 3. The van der Waals surface area contributed by atoms with Gasteiger partial charge in [0.2, 0.25) is 0 Å². The lowest BCUT2D eigenvalue weighted by atomic mass is 9.95. The molecule has 2 N–H and O–H groups in total. The molecule has 74 valence electrons. The van der Waals surface area contributed by atoms with E-state index >= 15 is 0 Å². The van der Waals surface area contributed by atoms with Crippen LogP contribution in [-0.4, -0.2) is 37.5 Å². The lowest BCUT2D eigenvalue weighted by Gasteiger charge is -2.33. The van der Waals surface area contributed by atoms with Gasteiger partial charge in [-0.25, -0.2) is 0 Å². The molecule has 12 heavy (non-hydrogen) atoms. The fourth-order valence-electron chi connectivity index (χ4n) is 1.45. The molecular weight excluding hydrogens is 154 g/mol. The minimum Gasteiger partial charge on any atom is -0.400 e. The highest BCUT2D eigenvalue weighted by atomic mass is 16.5. The molecule has 3 nitrogen and oxygen atoms in total. The molecule has 0 atom stereocenters. The largest absolute Gasteiger partial charge is 0.400 e. The van der Waals surface area contributed by atoms with E-state index < -0.39 is 0 Å². The van der Waals surface area contributed by atoms with E-state index in [1.54, 1.807) is 0 Å². The third-order valence-corrected chi connectivity index (χ3v) is 2.15. The molecule has 1 fully saturated rings. The molecule has 0 unspecified atom stereocenters. The van der Waals surface area contributed by atoms with E-state index in [0.29, 0.717) is 0 Å². The first-order valence-electron chi connectivity index (χ1n) is 4.56. The normalized spacial score (nSPS) is 21.0. The van der Waals surface area contributed by atoms with Gasteiger partial charge in [0.15, 0.2) is 0 Å². The Morgan fingerprint density at radius 2 is 1.83 bits per heavy atom. The van der Waals surface area contributed by atoms with Crippen LogP contribution in [0.2, 0.25) is 0 Å². The van der Waals surface area contributed by atoms with Crippen molar-refractivity contribution in [2.24, 2.45) is 0 Å². The number of aliphatic hydroxyl groups excluding tert-OH is 1. The minimum absolute atomic E-state index is 0.167. The highest BCUT2D eigenvalue weighted by Crippen LogP contribution is 2.21. The Morgan fingerprint density at radius 3 is 2.25 bits per heavy atom. The quantitative estimate of drug-likeness (QED) is 0.651. The van der Waals surface area contributed by atoms with Crippen LogP contribution < -0.4 is 5.32 Å². The number of aliphatic hydroxyl groups is 1. The van der Waals surface area contributed by atoms with E-state index in [-0.39, 0.29) is 5.60 Å². The first kappa shape index (κ1) is 11.9. The summed E-state index contributed by atoms with van der Waals surface area (Å²) in [5.41, 5.74) is 0.167. The van der Waals surface area contributed by atoms with Crippen molar-refractivity contribution in [3.05, 3.63) is 0 Å². The second-order valence-corrected chi connectivity index (χ2v) is 3.13. The second kappa shape index (κ2) is 6.40. The third-order valence-electron chi connectivity index (χ3n) is 2.15. The Morgan fingerprint density at radius 1 is 1.33 bits per heavy atom. The van der Waals surface area contributed by atoms with Gasteiger partial charge in [0.25, 0.3) is 0 Å². The van der Waals surface area contributed by atoms with Crippen molar-refractivity contribution < 1.29 is 9.84 Å². The summed E-state index contributed by atoms with van der Waals surface area (Å²) in [6.45, 7) is 7.33. The van der Waals surface area contributed by atoms with Crippen LogP contribution in [0.4, 0.5) is 0 Å². The van der Waals surface area contributed by atoms with Crippen molar-refractivity contribution in [1.82, 2.24) is 5.32 Å². The van der Waals surface area contributed by atoms with Crippen LogP contribution in [-0.2, 0) is 4.74 Å².